The third-order valence-electron chi connectivity index (χ3n) is 12.4. The van der Waals surface area contributed by atoms with Gasteiger partial charge in [-0.05, 0) is 19.8 Å². The predicted octanol–water partition coefficient (Wildman–Crippen LogP) is -6.72. The molecule has 0 aromatic rings. The number of nitrogens with one attached hydrogen (secondary N) is 2. The molecule has 29 heteroatoms. The van der Waals surface area contributed by atoms with Crippen LogP contribution in [0.3, 0.4) is 0 Å². The average molecular weight is 1040 g/mol. The zero-order valence-corrected chi connectivity index (χ0v) is 39.5. The van der Waals surface area contributed by atoms with E-state index in [-0.39, 0.29) is 25.6 Å². The van der Waals surface area contributed by atoms with Gasteiger partial charge in [0.05, 0.1) is 52.3 Å². The van der Waals surface area contributed by atoms with Crippen LogP contribution in [0.1, 0.15) is 65.2 Å². The number of aliphatic hydroxyl groups is 12. The van der Waals surface area contributed by atoms with Crippen LogP contribution < -0.4 is 10.6 Å². The number of esters is 1. The highest BCUT2D eigenvalue weighted by Gasteiger charge is 2.61. The third kappa shape index (κ3) is 15.5. The molecule has 4 aliphatic rings. The van der Waals surface area contributed by atoms with Crippen LogP contribution in [0.15, 0.2) is 0 Å². The van der Waals surface area contributed by atoms with Gasteiger partial charge in [0.1, 0.15) is 91.5 Å². The molecule has 4 aliphatic heterocycles. The molecule has 0 aromatic carbocycles. The van der Waals surface area contributed by atoms with E-state index in [0.717, 1.165) is 26.2 Å². The largest absolute Gasteiger partial charge is 0.477 e. The van der Waals surface area contributed by atoms with Crippen LogP contribution in [-0.4, -0.2) is 265 Å². The zero-order chi connectivity index (χ0) is 52.7. The molecule has 0 radical (unpaired) electrons. The molecule has 15 unspecified atom stereocenters. The fraction of sp³-hybridized carbons (Fsp3) is 0.905. The van der Waals surface area contributed by atoms with Crippen molar-refractivity contribution in [1.29, 1.82) is 0 Å². The summed E-state index contributed by atoms with van der Waals surface area (Å²) in [5.74, 6) is -6.34. The molecule has 15 N–H and O–H groups in total. The van der Waals surface area contributed by atoms with Crippen molar-refractivity contribution in [1.82, 2.24) is 10.6 Å². The quantitative estimate of drug-likeness (QED) is 0.0283. The monoisotopic (exact) mass is 1040 g/mol. The minimum absolute atomic E-state index is 0.0505. The van der Waals surface area contributed by atoms with Crippen LogP contribution in [0.2, 0.25) is 0 Å². The van der Waals surface area contributed by atoms with E-state index in [2.05, 4.69) is 15.4 Å². The number of carboxylic acid groups (broad SMARTS) is 1. The van der Waals surface area contributed by atoms with Gasteiger partial charge in [-0.15, -0.1) is 0 Å². The average Bonchev–Trinajstić information content (AvgIpc) is 3.34. The number of hydrogen-bond donors (Lipinski definition) is 15. The fourth-order valence-corrected chi connectivity index (χ4v) is 8.62. The predicted molar refractivity (Wildman–Crippen MR) is 229 cm³/mol. The van der Waals surface area contributed by atoms with Gasteiger partial charge in [-0.2, -0.15) is 0 Å². The van der Waals surface area contributed by atoms with E-state index < -0.39 is 179 Å². The normalized spacial score (nSPS) is 38.4. The van der Waals surface area contributed by atoms with Crippen molar-refractivity contribution in [2.45, 2.75) is 194 Å². The second-order valence-corrected chi connectivity index (χ2v) is 17.5. The molecular weight excluding hydrogens is 964 g/mol. The number of methoxy groups -OCH3 is 1. The number of aliphatic hydroxyl groups excluding tert-OH is 12. The van der Waals surface area contributed by atoms with E-state index in [9.17, 15) is 85.6 Å². The Hall–Kier alpha value is -3.12. The van der Waals surface area contributed by atoms with E-state index in [1.807, 2.05) is 0 Å². The van der Waals surface area contributed by atoms with Crippen molar-refractivity contribution in [3.8, 4) is 0 Å². The highest BCUT2D eigenvalue weighted by molar-refractivity contribution is 5.76. The van der Waals surface area contributed by atoms with E-state index in [4.69, 9.17) is 42.6 Å². The highest BCUT2D eigenvalue weighted by atomic mass is 16.8. The molecule has 4 saturated heterocycles. The first-order chi connectivity index (χ1) is 33.7. The Kier molecular flexibility index (Phi) is 24.3. The molecule has 4 fully saturated rings. The van der Waals surface area contributed by atoms with Crippen LogP contribution in [0.4, 0.5) is 4.79 Å². The minimum atomic E-state index is -3.17. The van der Waals surface area contributed by atoms with Gasteiger partial charge in [0.2, 0.25) is 5.91 Å². The lowest BCUT2D eigenvalue weighted by atomic mass is 9.88. The minimum Gasteiger partial charge on any atom is -0.477 e. The van der Waals surface area contributed by atoms with Crippen LogP contribution in [0.25, 0.3) is 0 Å². The Balaban J connectivity index is 1.73. The Bertz CT molecular complexity index is 1650. The van der Waals surface area contributed by atoms with Gasteiger partial charge in [-0.1, -0.05) is 25.7 Å². The van der Waals surface area contributed by atoms with Gasteiger partial charge in [-0.25, -0.2) is 9.59 Å². The molecule has 0 bridgehead atoms. The lowest BCUT2D eigenvalue weighted by Gasteiger charge is -2.51. The molecule has 0 aromatic heterocycles. The van der Waals surface area contributed by atoms with Crippen molar-refractivity contribution >= 4 is 23.9 Å². The van der Waals surface area contributed by atoms with Gasteiger partial charge in [0.15, 0.2) is 18.9 Å². The summed E-state index contributed by atoms with van der Waals surface area (Å²) < 4.78 is 57.2. The molecule has 4 heterocycles. The molecule has 0 saturated carbocycles. The number of hydrogen-bond acceptors (Lipinski definition) is 26. The second-order valence-electron chi connectivity index (χ2n) is 17.5. The summed E-state index contributed by atoms with van der Waals surface area (Å²) in [6.07, 6.45) is -33.4. The summed E-state index contributed by atoms with van der Waals surface area (Å²) in [6.45, 7) is -1.78. The number of unbranched alkanes of at least 4 members (excludes halogenated alkanes) is 5. The lowest BCUT2D eigenvalue weighted by Crippen LogP contribution is -2.71. The molecule has 71 heavy (non-hydrogen) atoms. The summed E-state index contributed by atoms with van der Waals surface area (Å²) in [5, 5.41) is 144. The number of alkyl carbamates (subject to hydrolysis) is 1. The van der Waals surface area contributed by atoms with Crippen LogP contribution in [-0.2, 0) is 61.8 Å². The zero-order valence-electron chi connectivity index (χ0n) is 39.5. The van der Waals surface area contributed by atoms with Gasteiger partial charge in [0, 0.05) is 26.4 Å². The van der Waals surface area contributed by atoms with Crippen LogP contribution >= 0.6 is 0 Å². The standard InChI is InChI=1S/C42H72N2O27/c1-4-63-41(61)44-26-35(33(68-38-31(57)30(56)28(54)21(15-46)65-38)23(17-48)67-37(26)64-12-10-8-6-5-7-9-11-24(52)62-3)69-39-32(58)36(29(55)22(16-47)66-39)71-42(40(59)60)13-19(50)25(43-18(2)49)34(70-42)27(53)20(51)14-45/h19-23,25-39,45-48,50-51,53-58H,4-17H2,1-3H3,(H,43,49)(H,44,61)(H,59,60)/t19?,20?,21?,22?,23?,25-,26?,27?,28-,29-,30?,31?,32?,33+,34?,35?,36?,37-,38?,39?,42+/m1/s1. The number of amides is 2. The molecule has 0 aliphatic carbocycles. The number of rotatable bonds is 26. The van der Waals surface area contributed by atoms with Gasteiger partial charge >= 0.3 is 18.0 Å². The van der Waals surface area contributed by atoms with Crippen LogP contribution in [0, 0.1) is 0 Å². The summed E-state index contributed by atoms with van der Waals surface area (Å²) in [4.78, 5) is 49.9. The highest BCUT2D eigenvalue weighted by Crippen LogP contribution is 2.39. The first kappa shape index (κ1) is 60.4. The van der Waals surface area contributed by atoms with Crippen molar-refractivity contribution in [2.24, 2.45) is 0 Å². The molecule has 29 nitrogen and oxygen atoms in total. The van der Waals surface area contributed by atoms with Gasteiger partial charge in [0.25, 0.3) is 5.79 Å². The van der Waals surface area contributed by atoms with Gasteiger partial charge in [-0.3, -0.25) is 9.59 Å². The fourth-order valence-electron chi connectivity index (χ4n) is 8.62. The summed E-state index contributed by atoms with van der Waals surface area (Å²) in [5.41, 5.74) is 0. The van der Waals surface area contributed by atoms with Crippen molar-refractivity contribution in [3.05, 3.63) is 0 Å². The maximum absolute atomic E-state index is 13.2. The molecular formula is C42H72N2O27. The summed E-state index contributed by atoms with van der Waals surface area (Å²) in [6, 6.07) is -3.28. The Morgan fingerprint density at radius 1 is 0.690 bits per heavy atom. The Morgan fingerprint density at radius 2 is 1.27 bits per heavy atom. The Labute approximate surface area is 407 Å². The summed E-state index contributed by atoms with van der Waals surface area (Å²) in [7, 11) is 1.30. The smallest absolute Gasteiger partial charge is 0.407 e. The van der Waals surface area contributed by atoms with Crippen LogP contribution in [0.5, 0.6) is 0 Å². The van der Waals surface area contributed by atoms with Crippen molar-refractivity contribution in [3.63, 3.8) is 0 Å². The van der Waals surface area contributed by atoms with E-state index in [1.165, 1.54) is 14.0 Å². The second kappa shape index (κ2) is 28.5. The molecule has 412 valence electrons. The SMILES string of the molecule is CCOC(=O)NC1C(OC2OC(CO)[C@@H](O)C(O[C@]3(C(=O)O)CC(O)[C@@H](NC(C)=O)C(C(O)C(O)CO)O3)C2O)[C@@H](OC2OC(CO)[C@@H](O)C(O)C2O)C(CO)O[C@H]1OCCCCCCCCC(=O)OC. The third-order valence-corrected chi connectivity index (χ3v) is 12.4. The number of carboxylic acids is 1. The number of aliphatic carboxylic acids is 1. The van der Waals surface area contributed by atoms with Crippen molar-refractivity contribution < 1.29 is 133 Å². The number of carbonyl (C=O) groups is 4. The molecule has 21 atom stereocenters. The molecule has 0 spiro atoms. The molecule has 2 amide bonds. The maximum Gasteiger partial charge on any atom is 0.407 e. The number of ether oxygens (including phenoxy) is 10. The van der Waals surface area contributed by atoms with E-state index >= 15 is 0 Å². The van der Waals surface area contributed by atoms with Crippen molar-refractivity contribution in [2.75, 3.05) is 46.8 Å². The summed E-state index contributed by atoms with van der Waals surface area (Å²) >= 11 is 0. The lowest BCUT2D eigenvalue weighted by molar-refractivity contribution is -0.391. The first-order valence-electron chi connectivity index (χ1n) is 23.4. The Morgan fingerprint density at radius 3 is 1.85 bits per heavy atom. The van der Waals surface area contributed by atoms with E-state index in [1.54, 1.807) is 0 Å². The van der Waals surface area contributed by atoms with Gasteiger partial charge < -0.3 is 124 Å². The number of carbonyl (C=O) groups excluding carboxylic acids is 3. The maximum atomic E-state index is 13.2. The van der Waals surface area contributed by atoms with E-state index in [0.29, 0.717) is 19.3 Å². The topological polar surface area (TPSA) is 448 Å². The molecule has 4 rings (SSSR count). The first-order valence-corrected chi connectivity index (χ1v) is 23.4.